The molecular weight excluding hydrogens is 861 g/mol. The molecule has 3 unspecified atom stereocenters. The molecule has 1 aliphatic carbocycles. The zero-order valence-electron chi connectivity index (χ0n) is 39.9. The van der Waals surface area contributed by atoms with Gasteiger partial charge in [0.15, 0.2) is 5.78 Å². The zero-order chi connectivity index (χ0) is 49.2. The molecule has 0 aromatic heterocycles. The van der Waals surface area contributed by atoms with E-state index >= 15 is 0 Å². The molecule has 3 atom stereocenters. The van der Waals surface area contributed by atoms with Crippen LogP contribution in [-0.2, 0) is 41.6 Å². The summed E-state index contributed by atoms with van der Waals surface area (Å²) in [5.74, 6) is -2.09. The predicted molar refractivity (Wildman–Crippen MR) is 271 cm³/mol. The molecule has 1 aliphatic rings. The van der Waals surface area contributed by atoms with E-state index in [0.717, 1.165) is 74.6 Å². The van der Waals surface area contributed by atoms with E-state index in [1.807, 2.05) is 36.4 Å². The summed E-state index contributed by atoms with van der Waals surface area (Å²) < 4.78 is 0. The maximum Gasteiger partial charge on any atom is 0.317 e. The number of hydrogen-bond donors (Lipinski definition) is 6. The van der Waals surface area contributed by atoms with Crippen molar-refractivity contribution in [2.24, 2.45) is 11.8 Å². The molecule has 0 saturated heterocycles. The summed E-state index contributed by atoms with van der Waals surface area (Å²) in [6.45, 7) is 5.37. The summed E-state index contributed by atoms with van der Waals surface area (Å²) in [4.78, 5) is 74.2. The number of aldehydes is 1. The van der Waals surface area contributed by atoms with Gasteiger partial charge in [-0.2, -0.15) is 0 Å². The van der Waals surface area contributed by atoms with E-state index in [2.05, 4.69) is 67.0 Å². The number of nitrogen functional groups attached to an aromatic ring is 2. The Morgan fingerprint density at radius 3 is 2.07 bits per heavy atom. The maximum atomic E-state index is 12.9. The van der Waals surface area contributed by atoms with E-state index in [1.165, 1.54) is 50.1 Å². The maximum absolute atomic E-state index is 12.9. The minimum Gasteiger partial charge on any atom is -0.480 e. The average Bonchev–Trinajstić information content (AvgIpc) is 3.27. The Bertz CT molecular complexity index is 2470. The van der Waals surface area contributed by atoms with Crippen molar-refractivity contribution in [3.63, 3.8) is 0 Å². The number of Topliss-reactive ketones (excluding diaryl/α,β-unsaturated/α-hetero) is 2. The van der Waals surface area contributed by atoms with Gasteiger partial charge in [-0.05, 0) is 137 Å². The standard InChI is InChI=1S/C54H70N6O8/c1-36(26-37(2)27-49-48-30-41(55)16-20-46(48)47-21-17-42(56)31-50(47)54(49)40-11-7-5-8-12-40)10-6-4-9-13-51(64)58-43-18-14-39(15-19-43)29-44(57-22-25-61)32-59(34-52(65)66)23-24-60(35-53(67)68)33-45(63)28-38(3)62/h7,11-12,14-21,25,30-31,36-37,44,57H,4-6,8-10,13,22-24,26-29,32-35,55-56H2,1-3H3,(H,58,64)(H,65,66)(H,67,68). The van der Waals surface area contributed by atoms with Crippen LogP contribution < -0.4 is 22.1 Å². The number of ketones is 2. The van der Waals surface area contributed by atoms with Gasteiger partial charge >= 0.3 is 11.9 Å². The summed E-state index contributed by atoms with van der Waals surface area (Å²) in [5, 5.41) is 29.9. The van der Waals surface area contributed by atoms with Crippen molar-refractivity contribution in [2.75, 3.05) is 62.6 Å². The Labute approximate surface area is 400 Å². The highest BCUT2D eigenvalue weighted by Crippen LogP contribution is 2.41. The van der Waals surface area contributed by atoms with E-state index in [9.17, 15) is 39.0 Å². The van der Waals surface area contributed by atoms with Gasteiger partial charge in [0.25, 0.3) is 0 Å². The van der Waals surface area contributed by atoms with Gasteiger partial charge in [0.2, 0.25) is 5.91 Å². The zero-order valence-corrected chi connectivity index (χ0v) is 39.9. The molecule has 5 rings (SSSR count). The highest BCUT2D eigenvalue weighted by molar-refractivity contribution is 6.15. The van der Waals surface area contributed by atoms with Crippen molar-refractivity contribution in [3.8, 4) is 0 Å². The summed E-state index contributed by atoms with van der Waals surface area (Å²) in [7, 11) is 0. The third-order valence-corrected chi connectivity index (χ3v) is 12.5. The highest BCUT2D eigenvalue weighted by atomic mass is 16.4. The summed E-state index contributed by atoms with van der Waals surface area (Å²) in [6, 6.07) is 19.5. The molecule has 364 valence electrons. The first-order valence-electron chi connectivity index (χ1n) is 23.9. The molecule has 0 spiro atoms. The molecule has 0 aliphatic heterocycles. The fourth-order valence-corrected chi connectivity index (χ4v) is 9.54. The molecule has 68 heavy (non-hydrogen) atoms. The topological polar surface area (TPSA) is 225 Å². The minimum atomic E-state index is -1.15. The van der Waals surface area contributed by atoms with Gasteiger partial charge < -0.3 is 37.1 Å². The molecule has 0 radical (unpaired) electrons. The summed E-state index contributed by atoms with van der Waals surface area (Å²) in [5.41, 5.74) is 19.7. The van der Waals surface area contributed by atoms with Crippen molar-refractivity contribution in [1.29, 1.82) is 0 Å². The minimum absolute atomic E-state index is 0.0383. The fraction of sp³-hybridized carbons (Fsp3) is 0.444. The van der Waals surface area contributed by atoms with Crippen LogP contribution >= 0.6 is 0 Å². The normalized spacial score (nSPS) is 13.9. The Hall–Kier alpha value is -6.22. The number of anilines is 3. The van der Waals surface area contributed by atoms with E-state index < -0.39 is 24.3 Å². The van der Waals surface area contributed by atoms with Crippen LogP contribution in [0.3, 0.4) is 0 Å². The van der Waals surface area contributed by atoms with Gasteiger partial charge in [0.05, 0.1) is 32.6 Å². The molecule has 4 aromatic rings. The van der Waals surface area contributed by atoms with Gasteiger partial charge in [0, 0.05) is 49.2 Å². The number of carboxylic acid groups (broad SMARTS) is 2. The molecule has 8 N–H and O–H groups in total. The third-order valence-electron chi connectivity index (χ3n) is 12.5. The van der Waals surface area contributed by atoms with Gasteiger partial charge in [-0.1, -0.05) is 75.6 Å². The Morgan fingerprint density at radius 2 is 1.43 bits per heavy atom. The van der Waals surface area contributed by atoms with Crippen LogP contribution in [0, 0.1) is 11.8 Å². The van der Waals surface area contributed by atoms with Crippen molar-refractivity contribution in [1.82, 2.24) is 15.1 Å². The molecule has 0 fully saturated rings. The number of amides is 1. The lowest BCUT2D eigenvalue weighted by Crippen LogP contribution is -2.48. The van der Waals surface area contributed by atoms with Crippen LogP contribution in [0.25, 0.3) is 27.1 Å². The Morgan fingerprint density at radius 1 is 0.765 bits per heavy atom. The van der Waals surface area contributed by atoms with E-state index in [1.54, 1.807) is 4.90 Å². The van der Waals surface area contributed by atoms with Crippen molar-refractivity contribution < 1.29 is 39.0 Å². The van der Waals surface area contributed by atoms with Crippen LogP contribution in [-0.4, -0.2) is 108 Å². The van der Waals surface area contributed by atoms with Crippen molar-refractivity contribution >= 4 is 79.9 Å². The molecule has 14 nitrogen and oxygen atoms in total. The number of rotatable bonds is 30. The summed E-state index contributed by atoms with van der Waals surface area (Å²) in [6.07, 6.45) is 16.0. The predicted octanol–water partition coefficient (Wildman–Crippen LogP) is 7.71. The second kappa shape index (κ2) is 26.4. The molecule has 0 heterocycles. The number of allylic oxidation sites excluding steroid dienone is 4. The SMILES string of the molecule is CC(=O)CC(=O)CN(CCN(CC(=O)O)CC(Cc1ccc(NC(=O)CCCCCC(C)CC(C)Cc2c(C3=CCCC=C3)c3cc(N)ccc3c3ccc(N)cc23)cc1)NCC=O)CC(=O)O. The van der Waals surface area contributed by atoms with Crippen molar-refractivity contribution in [3.05, 3.63) is 95.6 Å². The van der Waals surface area contributed by atoms with Gasteiger partial charge in [0.1, 0.15) is 12.1 Å². The first kappa shape index (κ1) is 52.7. The fourth-order valence-electron chi connectivity index (χ4n) is 9.54. The lowest BCUT2D eigenvalue weighted by atomic mass is 9.81. The highest BCUT2D eigenvalue weighted by Gasteiger charge is 2.23. The summed E-state index contributed by atoms with van der Waals surface area (Å²) >= 11 is 0. The lowest BCUT2D eigenvalue weighted by Gasteiger charge is -2.29. The number of hydrogen-bond acceptors (Lipinski definition) is 11. The van der Waals surface area contributed by atoms with E-state index in [4.69, 9.17) is 11.5 Å². The quantitative estimate of drug-likeness (QED) is 0.00970. The lowest BCUT2D eigenvalue weighted by molar-refractivity contribution is -0.140. The first-order valence-corrected chi connectivity index (χ1v) is 23.9. The molecule has 14 heteroatoms. The number of carboxylic acids is 2. The van der Waals surface area contributed by atoms with Crippen LogP contribution in [0.2, 0.25) is 0 Å². The Balaban J connectivity index is 1.09. The number of carbonyl (C=O) groups is 6. The van der Waals surface area contributed by atoms with Gasteiger partial charge in [-0.15, -0.1) is 0 Å². The monoisotopic (exact) mass is 931 g/mol. The number of aliphatic carboxylic acids is 2. The molecular formula is C54H70N6O8. The molecule has 0 saturated carbocycles. The van der Waals surface area contributed by atoms with Crippen LogP contribution in [0.5, 0.6) is 0 Å². The van der Waals surface area contributed by atoms with Crippen LogP contribution in [0.1, 0.15) is 95.2 Å². The van der Waals surface area contributed by atoms with E-state index in [0.29, 0.717) is 30.4 Å². The number of unbranched alkanes of at least 4 members (excludes halogenated alkanes) is 2. The van der Waals surface area contributed by atoms with Crippen LogP contribution in [0.15, 0.2) is 78.9 Å². The number of fused-ring (bicyclic) bond motifs is 3. The third kappa shape index (κ3) is 16.8. The van der Waals surface area contributed by atoms with Gasteiger partial charge in [-0.3, -0.25) is 33.8 Å². The second-order valence-electron chi connectivity index (χ2n) is 18.7. The van der Waals surface area contributed by atoms with Gasteiger partial charge in [-0.25, -0.2) is 0 Å². The van der Waals surface area contributed by atoms with Crippen molar-refractivity contribution in [2.45, 2.75) is 97.4 Å². The number of nitrogens with one attached hydrogen (secondary N) is 2. The molecule has 1 amide bonds. The average molecular weight is 931 g/mol. The van der Waals surface area contributed by atoms with E-state index in [-0.39, 0.29) is 63.4 Å². The number of carbonyl (C=O) groups excluding carboxylic acids is 4. The molecule has 4 aromatic carbocycles. The smallest absolute Gasteiger partial charge is 0.317 e. The molecule has 0 bridgehead atoms. The largest absolute Gasteiger partial charge is 0.480 e. The van der Waals surface area contributed by atoms with Crippen LogP contribution in [0.4, 0.5) is 17.1 Å². The Kier molecular flexibility index (Phi) is 20.4. The number of benzene rings is 4. The first-order chi connectivity index (χ1) is 32.6. The number of nitrogens with two attached hydrogens (primary N) is 2. The second-order valence-corrected chi connectivity index (χ2v) is 18.7. The number of nitrogens with zero attached hydrogens (tertiary/aromatic N) is 2.